The molecular formula is C19H22N2O5S. The van der Waals surface area contributed by atoms with Crippen molar-refractivity contribution in [3.63, 3.8) is 0 Å². The minimum atomic E-state index is -3.86. The highest BCUT2D eigenvalue weighted by atomic mass is 32.2. The number of rotatable bonds is 8. The molecule has 0 fully saturated rings. The van der Waals surface area contributed by atoms with Crippen LogP contribution < -0.4 is 9.57 Å². The lowest BCUT2D eigenvalue weighted by Gasteiger charge is -2.09. The summed E-state index contributed by atoms with van der Waals surface area (Å²) < 4.78 is 34.9. The number of nitrogens with zero attached hydrogens (tertiary/aromatic N) is 1. The van der Waals surface area contributed by atoms with Gasteiger partial charge in [-0.25, -0.2) is 0 Å². The number of carbonyl (C=O) groups excluding carboxylic acids is 1. The van der Waals surface area contributed by atoms with Gasteiger partial charge in [-0.05, 0) is 55.8 Å². The topological polar surface area (TPSA) is 94.1 Å². The fraction of sp³-hybridized carbons (Fsp3) is 0.263. The van der Waals surface area contributed by atoms with E-state index in [-0.39, 0.29) is 23.6 Å². The normalized spacial score (nSPS) is 11.7. The average Bonchev–Trinajstić information content (AvgIpc) is 2.66. The minimum absolute atomic E-state index is 0.0852. The van der Waals surface area contributed by atoms with Crippen LogP contribution in [0.5, 0.6) is 5.75 Å². The second-order valence-corrected chi connectivity index (χ2v) is 7.34. The number of sulfonamides is 1. The van der Waals surface area contributed by atoms with E-state index in [0.29, 0.717) is 11.3 Å². The van der Waals surface area contributed by atoms with Crippen molar-refractivity contribution in [3.8, 4) is 5.75 Å². The van der Waals surface area contributed by atoms with Gasteiger partial charge >= 0.3 is 5.97 Å². The van der Waals surface area contributed by atoms with Gasteiger partial charge in [-0.15, -0.1) is 0 Å². The SMILES string of the molecule is CCOC(=O)C/C(=N\NS(=O)(=O)c1ccc(C)cc1)c1ccc(OC)cc1. The van der Waals surface area contributed by atoms with E-state index in [1.165, 1.54) is 12.1 Å². The Morgan fingerprint density at radius 2 is 1.70 bits per heavy atom. The van der Waals surface area contributed by atoms with Crippen molar-refractivity contribution in [1.29, 1.82) is 0 Å². The summed E-state index contributed by atoms with van der Waals surface area (Å²) in [5.74, 6) is 0.135. The number of nitrogens with one attached hydrogen (secondary N) is 1. The number of esters is 1. The maximum Gasteiger partial charge on any atom is 0.311 e. The first-order valence-corrected chi connectivity index (χ1v) is 9.79. The molecule has 0 atom stereocenters. The van der Waals surface area contributed by atoms with E-state index < -0.39 is 16.0 Å². The first-order valence-electron chi connectivity index (χ1n) is 8.31. The van der Waals surface area contributed by atoms with Gasteiger partial charge in [-0.3, -0.25) is 4.79 Å². The molecule has 7 nitrogen and oxygen atoms in total. The Morgan fingerprint density at radius 1 is 1.07 bits per heavy atom. The molecule has 0 aromatic heterocycles. The van der Waals surface area contributed by atoms with Gasteiger partial charge in [0.25, 0.3) is 10.0 Å². The smallest absolute Gasteiger partial charge is 0.311 e. The predicted molar refractivity (Wildman–Crippen MR) is 102 cm³/mol. The minimum Gasteiger partial charge on any atom is -0.497 e. The van der Waals surface area contributed by atoms with E-state index in [2.05, 4.69) is 9.93 Å². The van der Waals surface area contributed by atoms with E-state index in [1.807, 2.05) is 6.92 Å². The number of hydrazone groups is 1. The summed E-state index contributed by atoms with van der Waals surface area (Å²) in [6, 6.07) is 13.2. The second kappa shape index (κ2) is 9.18. The van der Waals surface area contributed by atoms with E-state index in [0.717, 1.165) is 5.56 Å². The third-order valence-electron chi connectivity index (χ3n) is 3.67. The van der Waals surface area contributed by atoms with Gasteiger partial charge in [0, 0.05) is 0 Å². The van der Waals surface area contributed by atoms with Gasteiger partial charge in [0.05, 0.1) is 30.7 Å². The standard InChI is InChI=1S/C19H22N2O5S/c1-4-26-19(22)13-18(15-7-9-16(25-3)10-8-15)20-21-27(23,24)17-11-5-14(2)6-12-17/h5-12,21H,4,13H2,1-3H3/b20-18+. The molecule has 27 heavy (non-hydrogen) atoms. The molecule has 2 rings (SSSR count). The quantitative estimate of drug-likeness (QED) is 0.425. The number of aryl methyl sites for hydroxylation is 1. The first kappa shape index (κ1) is 20.4. The Bertz CT molecular complexity index is 904. The number of methoxy groups -OCH3 is 1. The molecule has 0 spiro atoms. The molecule has 0 radical (unpaired) electrons. The van der Waals surface area contributed by atoms with Crippen molar-refractivity contribution in [1.82, 2.24) is 4.83 Å². The second-order valence-electron chi connectivity index (χ2n) is 5.68. The summed E-state index contributed by atoms with van der Waals surface area (Å²) in [7, 11) is -2.32. The number of hydrogen-bond donors (Lipinski definition) is 1. The molecule has 0 aliphatic rings. The molecule has 0 saturated carbocycles. The van der Waals surface area contributed by atoms with Crippen molar-refractivity contribution in [2.45, 2.75) is 25.2 Å². The van der Waals surface area contributed by atoms with Gasteiger partial charge in [-0.1, -0.05) is 17.7 Å². The van der Waals surface area contributed by atoms with E-state index >= 15 is 0 Å². The summed E-state index contributed by atoms with van der Waals surface area (Å²) in [6.07, 6.45) is -0.170. The maximum absolute atomic E-state index is 12.4. The third kappa shape index (κ3) is 5.82. The van der Waals surface area contributed by atoms with Gasteiger partial charge < -0.3 is 9.47 Å². The highest BCUT2D eigenvalue weighted by Crippen LogP contribution is 2.15. The average molecular weight is 390 g/mol. The van der Waals surface area contributed by atoms with E-state index in [9.17, 15) is 13.2 Å². The molecule has 8 heteroatoms. The van der Waals surface area contributed by atoms with Crippen LogP contribution in [0.2, 0.25) is 0 Å². The van der Waals surface area contributed by atoms with Crippen LogP contribution in [0, 0.1) is 6.92 Å². The molecule has 144 valence electrons. The van der Waals surface area contributed by atoms with Crippen LogP contribution in [0.3, 0.4) is 0 Å². The summed E-state index contributed by atoms with van der Waals surface area (Å²) in [5.41, 5.74) is 1.76. The molecule has 1 N–H and O–H groups in total. The molecule has 2 aromatic rings. The number of hydrogen-bond acceptors (Lipinski definition) is 6. The lowest BCUT2D eigenvalue weighted by atomic mass is 10.1. The number of carbonyl (C=O) groups is 1. The molecule has 0 unspecified atom stereocenters. The molecular weight excluding hydrogens is 368 g/mol. The van der Waals surface area contributed by atoms with E-state index in [4.69, 9.17) is 9.47 Å². The summed E-state index contributed by atoms with van der Waals surface area (Å²) in [6.45, 7) is 3.79. The van der Waals surface area contributed by atoms with Crippen LogP contribution >= 0.6 is 0 Å². The fourth-order valence-electron chi connectivity index (χ4n) is 2.22. The van der Waals surface area contributed by atoms with E-state index in [1.54, 1.807) is 50.4 Å². The molecule has 0 aliphatic heterocycles. The van der Waals surface area contributed by atoms with Gasteiger partial charge in [0.2, 0.25) is 0 Å². The molecule has 0 bridgehead atoms. The van der Waals surface area contributed by atoms with Crippen LogP contribution in [-0.4, -0.2) is 33.8 Å². The van der Waals surface area contributed by atoms with Crippen LogP contribution in [0.4, 0.5) is 0 Å². The van der Waals surface area contributed by atoms with Crippen molar-refractivity contribution >= 4 is 21.7 Å². The molecule has 0 aliphatic carbocycles. The Morgan fingerprint density at radius 3 is 2.26 bits per heavy atom. The molecule has 0 amide bonds. The van der Waals surface area contributed by atoms with Crippen molar-refractivity contribution in [2.24, 2.45) is 5.10 Å². The first-order chi connectivity index (χ1) is 12.9. The van der Waals surface area contributed by atoms with Gasteiger partial charge in [0.1, 0.15) is 5.75 Å². The summed E-state index contributed by atoms with van der Waals surface area (Å²) in [4.78, 5) is 14.2. The van der Waals surface area contributed by atoms with Gasteiger partial charge in [-0.2, -0.15) is 18.4 Å². The lowest BCUT2D eigenvalue weighted by Crippen LogP contribution is -2.22. The van der Waals surface area contributed by atoms with Crippen molar-refractivity contribution < 1.29 is 22.7 Å². The number of ether oxygens (including phenoxy) is 2. The highest BCUT2D eigenvalue weighted by molar-refractivity contribution is 7.89. The molecule has 0 saturated heterocycles. The fourth-order valence-corrected chi connectivity index (χ4v) is 3.05. The number of benzene rings is 2. The van der Waals surface area contributed by atoms with Gasteiger partial charge in [0.15, 0.2) is 0 Å². The van der Waals surface area contributed by atoms with Crippen LogP contribution in [-0.2, 0) is 19.6 Å². The monoisotopic (exact) mass is 390 g/mol. The predicted octanol–water partition coefficient (Wildman–Crippen LogP) is 2.64. The Kier molecular flexibility index (Phi) is 6.95. The van der Waals surface area contributed by atoms with Crippen LogP contribution in [0.25, 0.3) is 0 Å². The Hall–Kier alpha value is -2.87. The Labute approximate surface area is 159 Å². The summed E-state index contributed by atoms with van der Waals surface area (Å²) in [5, 5.41) is 3.98. The zero-order chi connectivity index (χ0) is 19.9. The van der Waals surface area contributed by atoms with Crippen molar-refractivity contribution in [2.75, 3.05) is 13.7 Å². The summed E-state index contributed by atoms with van der Waals surface area (Å²) >= 11 is 0. The maximum atomic E-state index is 12.4. The largest absolute Gasteiger partial charge is 0.497 e. The zero-order valence-corrected chi connectivity index (χ0v) is 16.2. The lowest BCUT2D eigenvalue weighted by molar-refractivity contribution is -0.141. The van der Waals surface area contributed by atoms with Crippen LogP contribution in [0.1, 0.15) is 24.5 Å². The third-order valence-corrected chi connectivity index (χ3v) is 4.90. The molecule has 2 aromatic carbocycles. The Balaban J connectivity index is 2.30. The van der Waals surface area contributed by atoms with Crippen molar-refractivity contribution in [3.05, 3.63) is 59.7 Å². The van der Waals surface area contributed by atoms with Crippen LogP contribution in [0.15, 0.2) is 58.5 Å². The zero-order valence-electron chi connectivity index (χ0n) is 15.4. The molecule has 0 heterocycles. The highest BCUT2D eigenvalue weighted by Gasteiger charge is 2.16.